The molecule has 2 aliphatic heterocycles. The summed E-state index contributed by atoms with van der Waals surface area (Å²) >= 11 is 0. The van der Waals surface area contributed by atoms with Crippen molar-refractivity contribution in [2.24, 2.45) is 0 Å². The molecule has 47 heavy (non-hydrogen) atoms. The largest absolute Gasteiger partial charge is 0.378 e. The topological polar surface area (TPSA) is 74.8 Å². The van der Waals surface area contributed by atoms with Gasteiger partial charge in [0, 0.05) is 54.5 Å². The molecule has 0 spiro atoms. The van der Waals surface area contributed by atoms with Crippen molar-refractivity contribution >= 4 is 11.4 Å². The first-order valence-electron chi connectivity index (χ1n) is 16.3. The number of benzene rings is 3. The molecule has 0 bridgehead atoms. The lowest BCUT2D eigenvalue weighted by molar-refractivity contribution is -0.0156. The molecule has 0 saturated heterocycles. The van der Waals surface area contributed by atoms with Crippen molar-refractivity contribution in [1.82, 2.24) is 20.9 Å². The van der Waals surface area contributed by atoms with Gasteiger partial charge < -0.3 is 31.3 Å². The van der Waals surface area contributed by atoms with Crippen LogP contribution in [-0.4, -0.2) is 55.4 Å². The molecule has 0 radical (unpaired) electrons. The standard InChI is InChI=1S/C37H43FN6O.C2H4/c1-27(29-10-7-13-34(21-29)42-26-41-33-12-6-5-11-32(38)15-16-33)37(45)44-19-18-43(24-35-22-39-25-40-35)36-17-14-30(20-31(36)23-44)28-8-3-2-4-9-28;1-2/h2-5,7-17,20-22,27,32,37,39-42,45H,6,18-19,23-26H2,1H3;1-2H2/b11-5?,16-15-,33-12+;. The zero-order valence-electron chi connectivity index (χ0n) is 27.2. The number of hydrogen-bond donors (Lipinski definition) is 5. The normalized spacial score (nSPS) is 20.6. The summed E-state index contributed by atoms with van der Waals surface area (Å²) in [6, 6.07) is 25.4. The van der Waals surface area contributed by atoms with E-state index in [0.29, 0.717) is 19.6 Å². The number of nitrogens with one attached hydrogen (secondary N) is 4. The number of alkyl halides is 1. The average molecular weight is 635 g/mol. The van der Waals surface area contributed by atoms with Gasteiger partial charge in [-0.05, 0) is 65.1 Å². The van der Waals surface area contributed by atoms with Gasteiger partial charge in [-0.25, -0.2) is 4.39 Å². The highest BCUT2D eigenvalue weighted by molar-refractivity contribution is 5.69. The Labute approximate surface area is 278 Å². The Hall–Kier alpha value is -4.79. The highest BCUT2D eigenvalue weighted by Gasteiger charge is 2.29. The minimum Gasteiger partial charge on any atom is -0.378 e. The van der Waals surface area contributed by atoms with Gasteiger partial charge in [0.2, 0.25) is 0 Å². The Bertz CT molecular complexity index is 1590. The van der Waals surface area contributed by atoms with Crippen LogP contribution in [0.1, 0.15) is 30.4 Å². The lowest BCUT2D eigenvalue weighted by Gasteiger charge is -2.31. The fourth-order valence-electron chi connectivity index (χ4n) is 6.12. The van der Waals surface area contributed by atoms with Crippen molar-refractivity contribution in [2.75, 3.05) is 43.2 Å². The molecule has 3 aromatic carbocycles. The van der Waals surface area contributed by atoms with Crippen LogP contribution in [0.3, 0.4) is 0 Å². The third-order valence-electron chi connectivity index (χ3n) is 8.69. The Kier molecular flexibility index (Phi) is 11.9. The highest BCUT2D eigenvalue weighted by atomic mass is 19.1. The molecule has 0 aromatic heterocycles. The second-order valence-electron chi connectivity index (χ2n) is 11.8. The van der Waals surface area contributed by atoms with Crippen LogP contribution in [0.15, 0.2) is 134 Å². The maximum absolute atomic E-state index is 13.7. The first kappa shape index (κ1) is 33.6. The molecule has 246 valence electrons. The minimum atomic E-state index is -1.06. The summed E-state index contributed by atoms with van der Waals surface area (Å²) in [6.45, 7) is 12.3. The van der Waals surface area contributed by atoms with Crippen LogP contribution < -0.4 is 26.2 Å². The monoisotopic (exact) mass is 634 g/mol. The zero-order chi connectivity index (χ0) is 33.0. The smallest absolute Gasteiger partial charge is 0.137 e. The van der Waals surface area contributed by atoms with Crippen LogP contribution in [0.25, 0.3) is 11.1 Å². The summed E-state index contributed by atoms with van der Waals surface area (Å²) in [5.74, 6) is -0.111. The number of fused-ring (bicyclic) bond motifs is 1. The van der Waals surface area contributed by atoms with Gasteiger partial charge >= 0.3 is 0 Å². The quantitative estimate of drug-likeness (QED) is 0.127. The fraction of sp³-hybridized carbons (Fsp3) is 0.282. The van der Waals surface area contributed by atoms with Crippen LogP contribution in [0.5, 0.6) is 0 Å². The van der Waals surface area contributed by atoms with Gasteiger partial charge in [-0.2, -0.15) is 0 Å². The molecule has 6 rings (SSSR count). The second kappa shape index (κ2) is 16.7. The maximum Gasteiger partial charge on any atom is 0.137 e. The predicted molar refractivity (Wildman–Crippen MR) is 193 cm³/mol. The summed E-state index contributed by atoms with van der Waals surface area (Å²) in [4.78, 5) is 4.62. The van der Waals surface area contributed by atoms with Crippen LogP contribution >= 0.6 is 0 Å². The molecular formula is C39H47FN6O. The lowest BCUT2D eigenvalue weighted by Crippen LogP contribution is -2.41. The lowest BCUT2D eigenvalue weighted by atomic mass is 9.97. The van der Waals surface area contributed by atoms with E-state index >= 15 is 0 Å². The van der Waals surface area contributed by atoms with Gasteiger partial charge in [0.1, 0.15) is 12.4 Å². The Morgan fingerprint density at radius 2 is 1.83 bits per heavy atom. The highest BCUT2D eigenvalue weighted by Crippen LogP contribution is 2.33. The van der Waals surface area contributed by atoms with Crippen molar-refractivity contribution in [3.05, 3.63) is 145 Å². The van der Waals surface area contributed by atoms with Crippen molar-refractivity contribution in [3.8, 4) is 11.1 Å². The summed E-state index contributed by atoms with van der Waals surface area (Å²) < 4.78 is 13.7. The van der Waals surface area contributed by atoms with Gasteiger partial charge in [0.05, 0.1) is 19.9 Å². The maximum atomic E-state index is 13.7. The van der Waals surface area contributed by atoms with Gasteiger partial charge in [-0.3, -0.25) is 4.90 Å². The zero-order valence-corrected chi connectivity index (χ0v) is 27.2. The first-order chi connectivity index (χ1) is 23.0. The molecule has 3 aromatic rings. The number of aliphatic hydroxyl groups is 1. The number of halogens is 1. The Balaban J connectivity index is 0.00000213. The van der Waals surface area contributed by atoms with Crippen LogP contribution in [-0.2, 0) is 6.54 Å². The molecule has 3 atom stereocenters. The number of allylic oxidation sites excluding steroid dienone is 5. The van der Waals surface area contributed by atoms with E-state index < -0.39 is 12.4 Å². The summed E-state index contributed by atoms with van der Waals surface area (Å²) in [5.41, 5.74) is 8.86. The Morgan fingerprint density at radius 1 is 0.979 bits per heavy atom. The third kappa shape index (κ3) is 8.93. The number of rotatable bonds is 10. The van der Waals surface area contributed by atoms with E-state index in [1.807, 2.05) is 30.4 Å². The number of nitrogens with zero attached hydrogens (tertiary/aromatic N) is 2. The van der Waals surface area contributed by atoms with E-state index in [4.69, 9.17) is 0 Å². The van der Waals surface area contributed by atoms with E-state index in [1.165, 1.54) is 28.1 Å². The number of hydrogen-bond acceptors (Lipinski definition) is 7. The van der Waals surface area contributed by atoms with Gasteiger partial charge in [-0.15, -0.1) is 13.2 Å². The third-order valence-corrected chi connectivity index (χ3v) is 8.69. The van der Waals surface area contributed by atoms with E-state index in [0.717, 1.165) is 43.3 Å². The SMILES string of the molecule is C=C.CC(c1cccc(NCNC2=C/CC=CC(F)/C=C\2)c1)C(O)N1CCN(CC2=CNCN2)c2ccc(-c3ccccc3)cc2C1. The van der Waals surface area contributed by atoms with Crippen LogP contribution in [0.2, 0.25) is 0 Å². The molecule has 0 saturated carbocycles. The molecule has 3 unspecified atom stereocenters. The molecule has 0 fully saturated rings. The molecule has 1 aliphatic carbocycles. The van der Waals surface area contributed by atoms with Gasteiger partial charge in [0.15, 0.2) is 0 Å². The predicted octanol–water partition coefficient (Wildman–Crippen LogP) is 6.59. The molecule has 2 heterocycles. The molecule has 7 nitrogen and oxygen atoms in total. The fourth-order valence-corrected chi connectivity index (χ4v) is 6.12. The van der Waals surface area contributed by atoms with E-state index in [1.54, 1.807) is 18.2 Å². The number of aliphatic hydroxyl groups excluding tert-OH is 1. The van der Waals surface area contributed by atoms with Crippen LogP contribution in [0, 0.1) is 0 Å². The van der Waals surface area contributed by atoms with Gasteiger partial charge in [-0.1, -0.05) is 73.7 Å². The van der Waals surface area contributed by atoms with Crippen molar-refractivity contribution in [1.29, 1.82) is 0 Å². The number of anilines is 2. The molecule has 5 N–H and O–H groups in total. The van der Waals surface area contributed by atoms with Crippen molar-refractivity contribution in [2.45, 2.75) is 38.2 Å². The molecule has 3 aliphatic rings. The second-order valence-corrected chi connectivity index (χ2v) is 11.8. The summed E-state index contributed by atoms with van der Waals surface area (Å²) in [7, 11) is 0. The van der Waals surface area contributed by atoms with E-state index in [-0.39, 0.29) is 5.92 Å². The summed E-state index contributed by atoms with van der Waals surface area (Å²) in [5, 5.41) is 25.2. The Morgan fingerprint density at radius 3 is 2.64 bits per heavy atom. The van der Waals surface area contributed by atoms with Gasteiger partial charge in [0.25, 0.3) is 0 Å². The molecule has 8 heteroatoms. The summed E-state index contributed by atoms with van der Waals surface area (Å²) in [6.07, 6.45) is 9.79. The minimum absolute atomic E-state index is 0.111. The molecular weight excluding hydrogens is 587 g/mol. The van der Waals surface area contributed by atoms with Crippen molar-refractivity contribution < 1.29 is 9.50 Å². The average Bonchev–Trinajstić information content (AvgIpc) is 3.56. The first-order valence-corrected chi connectivity index (χ1v) is 16.3. The van der Waals surface area contributed by atoms with Crippen molar-refractivity contribution in [3.63, 3.8) is 0 Å². The van der Waals surface area contributed by atoms with E-state index in [9.17, 15) is 9.50 Å². The molecule has 0 amide bonds. The van der Waals surface area contributed by atoms with E-state index in [2.05, 4.69) is 112 Å². The van der Waals surface area contributed by atoms with Crippen LogP contribution in [0.4, 0.5) is 15.8 Å².